The minimum Gasteiger partial charge on any atom is -0.449 e. The van der Waals surface area contributed by atoms with Crippen LogP contribution in [-0.2, 0) is 0 Å². The molecule has 0 atom stereocenters. The lowest BCUT2D eigenvalue weighted by Gasteiger charge is -2.25. The van der Waals surface area contributed by atoms with E-state index in [1.165, 1.54) is 38.5 Å². The summed E-state index contributed by atoms with van der Waals surface area (Å²) >= 11 is 0. The fraction of sp³-hybridized carbons (Fsp3) is 0.611. The predicted molar refractivity (Wildman–Crippen MR) is 88.0 cm³/mol. The van der Waals surface area contributed by atoms with E-state index in [1.807, 2.05) is 12.1 Å². The largest absolute Gasteiger partial charge is 0.449 e. The number of nitrogens with zero attached hydrogens (tertiary/aromatic N) is 3. The van der Waals surface area contributed by atoms with Gasteiger partial charge in [-0.1, -0.05) is 44.2 Å². The quantitative estimate of drug-likeness (QED) is 0.704. The van der Waals surface area contributed by atoms with E-state index in [0.717, 1.165) is 23.8 Å². The second-order valence-corrected chi connectivity index (χ2v) is 6.59. The van der Waals surface area contributed by atoms with E-state index in [0.29, 0.717) is 12.4 Å². The topological polar surface area (TPSA) is 61.0 Å². The van der Waals surface area contributed by atoms with Crippen molar-refractivity contribution in [3.63, 3.8) is 0 Å². The molecule has 1 aliphatic carbocycles. The number of hydrogen-bond donors (Lipinski definition) is 0. The van der Waals surface area contributed by atoms with E-state index >= 15 is 0 Å². The normalized spacial score (nSPS) is 21.3. The lowest BCUT2D eigenvalue weighted by molar-refractivity contribution is 0.195. The molecule has 0 unspecified atom stereocenters. The average Bonchev–Trinajstić information content (AvgIpc) is 3.06. The highest BCUT2D eigenvalue weighted by molar-refractivity contribution is 5.52. The van der Waals surface area contributed by atoms with Gasteiger partial charge in [0.15, 0.2) is 0 Å². The van der Waals surface area contributed by atoms with Crippen LogP contribution in [0.2, 0.25) is 0 Å². The zero-order valence-corrected chi connectivity index (χ0v) is 13.8. The molecule has 3 rings (SSSR count). The summed E-state index contributed by atoms with van der Waals surface area (Å²) in [6.45, 7) is 3.01. The highest BCUT2D eigenvalue weighted by Gasteiger charge is 2.17. The van der Waals surface area contributed by atoms with Gasteiger partial charge in [-0.05, 0) is 36.8 Å². The van der Waals surface area contributed by atoms with Crippen molar-refractivity contribution in [3.8, 4) is 17.5 Å². The van der Waals surface area contributed by atoms with Crippen molar-refractivity contribution >= 4 is 0 Å². The third-order valence-electron chi connectivity index (χ3n) is 4.71. The fourth-order valence-electron chi connectivity index (χ4n) is 3.20. The number of rotatable bonds is 7. The van der Waals surface area contributed by atoms with Crippen molar-refractivity contribution in [2.75, 3.05) is 6.61 Å². The van der Waals surface area contributed by atoms with Crippen molar-refractivity contribution in [1.82, 2.24) is 15.1 Å². The Balaban J connectivity index is 1.34. The van der Waals surface area contributed by atoms with Crippen LogP contribution in [0.15, 0.2) is 29.0 Å². The van der Waals surface area contributed by atoms with Gasteiger partial charge in [0.2, 0.25) is 5.82 Å². The predicted octanol–water partition coefficient (Wildman–Crippen LogP) is 4.51. The molecular formula is C18H25N3O2. The molecule has 23 heavy (non-hydrogen) atoms. The third kappa shape index (κ3) is 4.78. The average molecular weight is 315 g/mol. The Kier molecular flexibility index (Phi) is 5.61. The van der Waals surface area contributed by atoms with Crippen molar-refractivity contribution in [2.24, 2.45) is 11.8 Å². The molecule has 0 aliphatic heterocycles. The fourth-order valence-corrected chi connectivity index (χ4v) is 3.20. The molecule has 2 aromatic heterocycles. The van der Waals surface area contributed by atoms with Crippen molar-refractivity contribution in [1.29, 1.82) is 0 Å². The monoisotopic (exact) mass is 315 g/mol. The van der Waals surface area contributed by atoms with Crippen molar-refractivity contribution in [3.05, 3.63) is 24.5 Å². The van der Waals surface area contributed by atoms with Gasteiger partial charge in [-0.2, -0.15) is 4.98 Å². The second-order valence-electron chi connectivity index (χ2n) is 6.59. The summed E-state index contributed by atoms with van der Waals surface area (Å²) in [5.41, 5.74) is 0.880. The number of aromatic nitrogens is 3. The molecule has 0 bridgehead atoms. The minimum atomic E-state index is 0.253. The van der Waals surface area contributed by atoms with Gasteiger partial charge < -0.3 is 4.74 Å². The highest BCUT2D eigenvalue weighted by Crippen LogP contribution is 2.31. The summed E-state index contributed by atoms with van der Waals surface area (Å²) in [5.74, 6) is 2.40. The van der Waals surface area contributed by atoms with Crippen LogP contribution in [0.4, 0.5) is 0 Å². The van der Waals surface area contributed by atoms with E-state index in [-0.39, 0.29) is 6.08 Å². The Bertz CT molecular complexity index is 577. The number of ether oxygens (including phenoxy) is 1. The highest BCUT2D eigenvalue weighted by atomic mass is 16.6. The Labute approximate surface area is 137 Å². The van der Waals surface area contributed by atoms with Crippen molar-refractivity contribution < 1.29 is 9.26 Å². The second kappa shape index (κ2) is 8.09. The molecule has 124 valence electrons. The molecule has 5 heteroatoms. The van der Waals surface area contributed by atoms with Crippen LogP contribution in [0.5, 0.6) is 6.08 Å². The third-order valence-corrected chi connectivity index (χ3v) is 4.71. The molecule has 2 aromatic rings. The first-order valence-corrected chi connectivity index (χ1v) is 8.68. The zero-order chi connectivity index (χ0) is 15.9. The summed E-state index contributed by atoms with van der Waals surface area (Å²) in [5, 5.41) is 3.93. The Morgan fingerprint density at radius 3 is 2.70 bits per heavy atom. The van der Waals surface area contributed by atoms with Crippen LogP contribution in [0.3, 0.4) is 0 Å². The molecule has 5 nitrogen and oxygen atoms in total. The lowest BCUT2D eigenvalue weighted by Crippen LogP contribution is -2.12. The molecule has 1 saturated carbocycles. The molecule has 0 aromatic carbocycles. The first-order valence-electron chi connectivity index (χ1n) is 8.68. The molecule has 0 spiro atoms. The van der Waals surface area contributed by atoms with Crippen LogP contribution in [-0.4, -0.2) is 21.7 Å². The van der Waals surface area contributed by atoms with Crippen molar-refractivity contribution in [2.45, 2.75) is 51.9 Å². The summed E-state index contributed by atoms with van der Waals surface area (Å²) < 4.78 is 10.7. The van der Waals surface area contributed by atoms with Gasteiger partial charge in [0.05, 0.1) is 6.61 Å². The molecular weight excluding hydrogens is 290 g/mol. The van der Waals surface area contributed by atoms with Crippen LogP contribution in [0.1, 0.15) is 51.9 Å². The van der Waals surface area contributed by atoms with E-state index in [4.69, 9.17) is 9.26 Å². The Hall–Kier alpha value is -1.91. The summed E-state index contributed by atoms with van der Waals surface area (Å²) in [4.78, 5) is 8.22. The van der Waals surface area contributed by atoms with Crippen LogP contribution >= 0.6 is 0 Å². The van der Waals surface area contributed by atoms with Gasteiger partial charge in [0.1, 0.15) is 0 Å². The van der Waals surface area contributed by atoms with Gasteiger partial charge in [0, 0.05) is 18.0 Å². The van der Waals surface area contributed by atoms with Gasteiger partial charge >= 0.3 is 6.08 Å². The molecule has 2 heterocycles. The van der Waals surface area contributed by atoms with Gasteiger partial charge in [-0.15, -0.1) is 0 Å². The summed E-state index contributed by atoms with van der Waals surface area (Å²) in [7, 11) is 0. The van der Waals surface area contributed by atoms with E-state index in [1.54, 1.807) is 12.4 Å². The number of pyridine rings is 1. The zero-order valence-electron chi connectivity index (χ0n) is 13.8. The van der Waals surface area contributed by atoms with Crippen LogP contribution in [0.25, 0.3) is 11.4 Å². The number of unbranched alkanes of at least 4 members (excludes halogenated alkanes) is 1. The van der Waals surface area contributed by atoms with E-state index in [9.17, 15) is 0 Å². The summed E-state index contributed by atoms with van der Waals surface area (Å²) in [6.07, 6.45) is 12.9. The molecule has 1 aliphatic rings. The minimum absolute atomic E-state index is 0.253. The lowest BCUT2D eigenvalue weighted by atomic mass is 9.81. The molecule has 0 saturated heterocycles. The smallest absolute Gasteiger partial charge is 0.417 e. The first-order chi connectivity index (χ1) is 11.3. The van der Waals surface area contributed by atoms with Gasteiger partial charge in [-0.25, -0.2) is 0 Å². The molecule has 0 N–H and O–H groups in total. The molecule has 0 amide bonds. The van der Waals surface area contributed by atoms with E-state index < -0.39 is 0 Å². The first kappa shape index (κ1) is 16.0. The Morgan fingerprint density at radius 1 is 1.13 bits per heavy atom. The standard InChI is InChI=1S/C18H25N3O2/c1-14-5-7-15(8-6-14)4-2-3-13-22-18-20-17(21-23-18)16-9-11-19-12-10-16/h9-12,14-15H,2-8,13H2,1H3/t14-,15-. The van der Waals surface area contributed by atoms with Crippen LogP contribution in [0, 0.1) is 11.8 Å². The van der Waals surface area contributed by atoms with E-state index in [2.05, 4.69) is 22.0 Å². The molecule has 1 fully saturated rings. The SMILES string of the molecule is C[C@H]1CC[C@H](CCCCOc2nc(-c3ccncc3)no2)CC1. The van der Waals surface area contributed by atoms with Gasteiger partial charge in [-0.3, -0.25) is 9.51 Å². The van der Waals surface area contributed by atoms with Crippen LogP contribution < -0.4 is 4.74 Å². The maximum absolute atomic E-state index is 5.56. The van der Waals surface area contributed by atoms with Gasteiger partial charge in [0.25, 0.3) is 0 Å². The maximum Gasteiger partial charge on any atom is 0.417 e. The maximum atomic E-state index is 5.56. The molecule has 0 radical (unpaired) electrons. The number of hydrogen-bond acceptors (Lipinski definition) is 5. The Morgan fingerprint density at radius 2 is 1.91 bits per heavy atom. The summed E-state index contributed by atoms with van der Waals surface area (Å²) in [6, 6.07) is 3.69.